The van der Waals surface area contributed by atoms with Crippen molar-refractivity contribution in [2.75, 3.05) is 13.1 Å². The van der Waals surface area contributed by atoms with Crippen LogP contribution < -0.4 is 0 Å². The lowest BCUT2D eigenvalue weighted by atomic mass is 10.0. The Bertz CT molecular complexity index is 352. The first-order valence-corrected chi connectivity index (χ1v) is 13.0. The molecule has 0 radical (unpaired) electrons. The van der Waals surface area contributed by atoms with Crippen LogP contribution in [-0.2, 0) is 0 Å². The van der Waals surface area contributed by atoms with Gasteiger partial charge in [0.15, 0.2) is 0 Å². The molecule has 1 aliphatic heterocycles. The van der Waals surface area contributed by atoms with Crippen molar-refractivity contribution in [1.82, 2.24) is 9.80 Å². The van der Waals surface area contributed by atoms with Crippen LogP contribution in [-0.4, -0.2) is 29.1 Å². The second kappa shape index (κ2) is 18.4. The Labute approximate surface area is 178 Å². The molecule has 0 bridgehead atoms. The third-order valence-corrected chi connectivity index (χ3v) is 6.38. The molecule has 166 valence electrons. The fourth-order valence-corrected chi connectivity index (χ4v) is 4.57. The van der Waals surface area contributed by atoms with Crippen molar-refractivity contribution in [3.05, 3.63) is 12.4 Å². The quantitative estimate of drug-likeness (QED) is 0.192. The molecule has 0 saturated heterocycles. The summed E-state index contributed by atoms with van der Waals surface area (Å²) in [5.41, 5.74) is 0. The van der Waals surface area contributed by atoms with Crippen molar-refractivity contribution in [2.24, 2.45) is 0 Å². The summed E-state index contributed by atoms with van der Waals surface area (Å²) in [6.45, 7) is 9.21. The van der Waals surface area contributed by atoms with Gasteiger partial charge < -0.3 is 9.80 Å². The van der Waals surface area contributed by atoms with E-state index in [9.17, 15) is 0 Å². The summed E-state index contributed by atoms with van der Waals surface area (Å²) in [5, 5.41) is 0. The van der Waals surface area contributed by atoms with E-state index in [-0.39, 0.29) is 0 Å². The average molecular weight is 393 g/mol. The maximum atomic E-state index is 2.55. The molecule has 2 heteroatoms. The van der Waals surface area contributed by atoms with Crippen LogP contribution in [0.3, 0.4) is 0 Å². The minimum absolute atomic E-state index is 0.636. The van der Waals surface area contributed by atoms with E-state index < -0.39 is 0 Å². The van der Waals surface area contributed by atoms with Crippen LogP contribution in [0.5, 0.6) is 0 Å². The Balaban J connectivity index is 1.84. The van der Waals surface area contributed by atoms with Crippen molar-refractivity contribution < 1.29 is 0 Å². The second-order valence-electron chi connectivity index (χ2n) is 8.94. The third kappa shape index (κ3) is 12.0. The predicted molar refractivity (Wildman–Crippen MR) is 126 cm³/mol. The molecule has 0 aromatic rings. The minimum atomic E-state index is 0.636. The Morgan fingerprint density at radius 2 is 0.929 bits per heavy atom. The molecular weight excluding hydrogens is 340 g/mol. The van der Waals surface area contributed by atoms with Crippen LogP contribution in [0, 0.1) is 0 Å². The molecule has 2 nitrogen and oxygen atoms in total. The number of nitrogens with zero attached hydrogens (tertiary/aromatic N) is 2. The Morgan fingerprint density at radius 3 is 1.36 bits per heavy atom. The van der Waals surface area contributed by atoms with E-state index in [0.717, 1.165) is 6.54 Å². The predicted octanol–water partition coefficient (Wildman–Crippen LogP) is 8.48. The molecule has 1 aliphatic rings. The highest BCUT2D eigenvalue weighted by Gasteiger charge is 2.23. The Kier molecular flexibility index (Phi) is 16.7. The smallest absolute Gasteiger partial charge is 0.101 e. The molecule has 1 unspecified atom stereocenters. The molecule has 1 atom stereocenters. The topological polar surface area (TPSA) is 6.48 Å². The molecule has 1 rings (SSSR count). The highest BCUT2D eigenvalue weighted by Crippen LogP contribution is 2.22. The molecule has 0 saturated carbocycles. The molecule has 0 fully saturated rings. The van der Waals surface area contributed by atoms with Gasteiger partial charge in [0.25, 0.3) is 0 Å². The van der Waals surface area contributed by atoms with E-state index in [1.165, 1.54) is 122 Å². The van der Waals surface area contributed by atoms with Crippen LogP contribution in [0.4, 0.5) is 0 Å². The minimum Gasteiger partial charge on any atom is -0.356 e. The maximum Gasteiger partial charge on any atom is 0.101 e. The molecule has 28 heavy (non-hydrogen) atoms. The summed E-state index contributed by atoms with van der Waals surface area (Å²) in [7, 11) is 0. The summed E-state index contributed by atoms with van der Waals surface area (Å²) in [5.74, 6) is 0. The van der Waals surface area contributed by atoms with E-state index in [1.54, 1.807) is 0 Å². The van der Waals surface area contributed by atoms with E-state index in [0.29, 0.717) is 6.17 Å². The van der Waals surface area contributed by atoms with E-state index in [4.69, 9.17) is 0 Å². The first-order chi connectivity index (χ1) is 13.8. The van der Waals surface area contributed by atoms with Crippen molar-refractivity contribution in [2.45, 2.75) is 143 Å². The SMILES string of the molecule is CCCCCCCCCCCCCCCCCCC1N(CC)C=CN1CCC. The van der Waals surface area contributed by atoms with Crippen molar-refractivity contribution in [3.63, 3.8) is 0 Å². The molecule has 0 aliphatic carbocycles. The van der Waals surface area contributed by atoms with Gasteiger partial charge in [0, 0.05) is 25.5 Å². The number of rotatable bonds is 20. The highest BCUT2D eigenvalue weighted by molar-refractivity contribution is 4.96. The third-order valence-electron chi connectivity index (χ3n) is 6.38. The zero-order chi connectivity index (χ0) is 20.3. The Morgan fingerprint density at radius 1 is 0.500 bits per heavy atom. The van der Waals surface area contributed by atoms with Crippen molar-refractivity contribution in [3.8, 4) is 0 Å². The lowest BCUT2D eigenvalue weighted by Gasteiger charge is -2.32. The highest BCUT2D eigenvalue weighted by atomic mass is 15.4. The van der Waals surface area contributed by atoms with Gasteiger partial charge in [-0.05, 0) is 26.2 Å². The zero-order valence-corrected chi connectivity index (χ0v) is 19.8. The fourth-order valence-electron chi connectivity index (χ4n) is 4.57. The second-order valence-corrected chi connectivity index (χ2v) is 8.94. The van der Waals surface area contributed by atoms with Crippen molar-refractivity contribution in [1.29, 1.82) is 0 Å². The van der Waals surface area contributed by atoms with E-state index >= 15 is 0 Å². The average Bonchev–Trinajstić information content (AvgIpc) is 3.09. The van der Waals surface area contributed by atoms with Gasteiger partial charge in [0.1, 0.15) is 6.17 Å². The van der Waals surface area contributed by atoms with Gasteiger partial charge in [-0.3, -0.25) is 0 Å². The van der Waals surface area contributed by atoms with E-state index in [1.807, 2.05) is 0 Å². The lowest BCUT2D eigenvalue weighted by molar-refractivity contribution is 0.144. The van der Waals surface area contributed by atoms with Crippen LogP contribution in [0.2, 0.25) is 0 Å². The number of hydrogen-bond acceptors (Lipinski definition) is 2. The number of unbranched alkanes of at least 4 members (excludes halogenated alkanes) is 15. The van der Waals surface area contributed by atoms with Gasteiger partial charge in [-0.15, -0.1) is 0 Å². The van der Waals surface area contributed by atoms with Crippen LogP contribution in [0.1, 0.15) is 136 Å². The van der Waals surface area contributed by atoms with Gasteiger partial charge >= 0.3 is 0 Å². The Hall–Kier alpha value is -0.660. The summed E-state index contributed by atoms with van der Waals surface area (Å²) in [4.78, 5) is 5.07. The van der Waals surface area contributed by atoms with Crippen LogP contribution >= 0.6 is 0 Å². The summed E-state index contributed by atoms with van der Waals surface area (Å²) >= 11 is 0. The van der Waals surface area contributed by atoms with Gasteiger partial charge in [0.05, 0.1) is 0 Å². The molecule has 0 amide bonds. The maximum absolute atomic E-state index is 2.55. The molecule has 0 aromatic carbocycles. The zero-order valence-electron chi connectivity index (χ0n) is 19.8. The van der Waals surface area contributed by atoms with Crippen LogP contribution in [0.25, 0.3) is 0 Å². The van der Waals surface area contributed by atoms with Crippen molar-refractivity contribution >= 4 is 0 Å². The first kappa shape index (κ1) is 25.4. The molecule has 0 spiro atoms. The normalized spacial score (nSPS) is 16.5. The van der Waals surface area contributed by atoms with Gasteiger partial charge in [-0.1, -0.05) is 110 Å². The van der Waals surface area contributed by atoms with E-state index in [2.05, 4.69) is 43.0 Å². The molecular formula is C26H52N2. The largest absolute Gasteiger partial charge is 0.356 e. The monoisotopic (exact) mass is 392 g/mol. The number of hydrogen-bond donors (Lipinski definition) is 0. The van der Waals surface area contributed by atoms with Gasteiger partial charge in [-0.2, -0.15) is 0 Å². The summed E-state index contributed by atoms with van der Waals surface area (Å²) in [6, 6.07) is 0. The van der Waals surface area contributed by atoms with Gasteiger partial charge in [0.2, 0.25) is 0 Å². The van der Waals surface area contributed by atoms with Gasteiger partial charge in [-0.25, -0.2) is 0 Å². The van der Waals surface area contributed by atoms with Crippen LogP contribution in [0.15, 0.2) is 12.4 Å². The summed E-state index contributed by atoms with van der Waals surface area (Å²) < 4.78 is 0. The fraction of sp³-hybridized carbons (Fsp3) is 0.923. The standard InChI is InChI=1S/C26H52N2/c1-4-7-8-9-10-11-12-13-14-15-16-17-18-19-20-21-22-26-27(6-3)24-25-28(26)23-5-2/h24-26H,4-23H2,1-3H3. The molecule has 0 N–H and O–H groups in total. The first-order valence-electron chi connectivity index (χ1n) is 13.0. The molecule has 1 heterocycles. The molecule has 0 aromatic heterocycles. The summed E-state index contributed by atoms with van der Waals surface area (Å²) in [6.07, 6.45) is 31.1. The lowest BCUT2D eigenvalue weighted by Crippen LogP contribution is -2.38.